The molecule has 4 nitrogen and oxygen atoms in total. The highest BCUT2D eigenvalue weighted by atomic mass is 35.5. The zero-order valence-electron chi connectivity index (χ0n) is 8.87. The highest BCUT2D eigenvalue weighted by Crippen LogP contribution is 2.04. The monoisotopic (exact) mass is 216 g/mol. The molecule has 0 bridgehead atoms. The van der Waals surface area contributed by atoms with Crippen molar-refractivity contribution in [2.45, 2.75) is 26.4 Å². The van der Waals surface area contributed by atoms with Crippen molar-refractivity contribution in [1.29, 1.82) is 0 Å². The number of halogens is 1. The lowest BCUT2D eigenvalue weighted by Gasteiger charge is -2.19. The van der Waals surface area contributed by atoms with E-state index < -0.39 is 0 Å². The van der Waals surface area contributed by atoms with Gasteiger partial charge in [-0.2, -0.15) is 5.10 Å². The average molecular weight is 217 g/mol. The van der Waals surface area contributed by atoms with Crippen LogP contribution >= 0.6 is 11.6 Å². The number of nitrogens with zero attached hydrogens (tertiary/aromatic N) is 3. The van der Waals surface area contributed by atoms with Crippen molar-refractivity contribution in [3.05, 3.63) is 12.2 Å². The molecule has 0 aliphatic rings. The molecule has 5 heteroatoms. The van der Waals surface area contributed by atoms with Gasteiger partial charge in [0.05, 0.1) is 6.54 Å². The molecule has 0 saturated carbocycles. The molecule has 14 heavy (non-hydrogen) atoms. The van der Waals surface area contributed by atoms with Gasteiger partial charge in [0.25, 0.3) is 0 Å². The molecule has 1 N–H and O–H groups in total. The van der Waals surface area contributed by atoms with Crippen LogP contribution in [-0.2, 0) is 13.6 Å². The predicted octanol–water partition coefficient (Wildman–Crippen LogP) is 1.17. The summed E-state index contributed by atoms with van der Waals surface area (Å²) in [5.74, 6) is 2.08. The summed E-state index contributed by atoms with van der Waals surface area (Å²) in [4.78, 5) is 4.13. The van der Waals surface area contributed by atoms with E-state index in [4.69, 9.17) is 11.6 Å². The van der Waals surface area contributed by atoms with Gasteiger partial charge in [-0.3, -0.25) is 4.68 Å². The van der Waals surface area contributed by atoms with Crippen LogP contribution in [0.5, 0.6) is 0 Å². The lowest BCUT2D eigenvalue weighted by Crippen LogP contribution is -2.35. The van der Waals surface area contributed by atoms with Gasteiger partial charge >= 0.3 is 0 Å². The van der Waals surface area contributed by atoms with Crippen LogP contribution in [0.1, 0.15) is 19.7 Å². The minimum atomic E-state index is 0.327. The summed E-state index contributed by atoms with van der Waals surface area (Å²) in [5.41, 5.74) is 0. The SMILES string of the molecule is CC(C)C(CCl)NCc1ncnn1C. The Morgan fingerprint density at radius 1 is 1.57 bits per heavy atom. The number of rotatable bonds is 5. The van der Waals surface area contributed by atoms with Gasteiger partial charge in [0, 0.05) is 19.0 Å². The zero-order valence-corrected chi connectivity index (χ0v) is 9.62. The van der Waals surface area contributed by atoms with E-state index in [-0.39, 0.29) is 0 Å². The normalized spacial score (nSPS) is 13.5. The first kappa shape index (κ1) is 11.5. The molecule has 1 unspecified atom stereocenters. The van der Waals surface area contributed by atoms with Gasteiger partial charge in [-0.25, -0.2) is 4.98 Å². The quantitative estimate of drug-likeness (QED) is 0.752. The maximum atomic E-state index is 5.84. The Bertz CT molecular complexity index is 272. The van der Waals surface area contributed by atoms with Crippen molar-refractivity contribution < 1.29 is 0 Å². The molecular formula is C9H17ClN4. The fraction of sp³-hybridized carbons (Fsp3) is 0.778. The lowest BCUT2D eigenvalue weighted by atomic mass is 10.1. The second-order valence-corrected chi connectivity index (χ2v) is 3.99. The third-order valence-corrected chi connectivity index (χ3v) is 2.63. The molecule has 1 heterocycles. The van der Waals surface area contributed by atoms with Gasteiger partial charge in [0.15, 0.2) is 0 Å². The number of aryl methyl sites for hydroxylation is 1. The summed E-state index contributed by atoms with van der Waals surface area (Å²) in [6.45, 7) is 5.01. The predicted molar refractivity (Wildman–Crippen MR) is 57.2 cm³/mol. The molecule has 0 aliphatic heterocycles. The van der Waals surface area contributed by atoms with Crippen molar-refractivity contribution in [1.82, 2.24) is 20.1 Å². The number of hydrogen-bond acceptors (Lipinski definition) is 3. The van der Waals surface area contributed by atoms with Crippen LogP contribution in [0.4, 0.5) is 0 Å². The van der Waals surface area contributed by atoms with Crippen molar-refractivity contribution >= 4 is 11.6 Å². The first-order chi connectivity index (χ1) is 6.65. The third-order valence-electron chi connectivity index (χ3n) is 2.30. The first-order valence-electron chi connectivity index (χ1n) is 4.77. The molecule has 1 aromatic rings. The van der Waals surface area contributed by atoms with E-state index in [1.54, 1.807) is 11.0 Å². The highest BCUT2D eigenvalue weighted by molar-refractivity contribution is 6.18. The summed E-state index contributed by atoms with van der Waals surface area (Å²) in [7, 11) is 1.88. The van der Waals surface area contributed by atoms with E-state index in [2.05, 4.69) is 29.2 Å². The minimum absolute atomic E-state index is 0.327. The fourth-order valence-electron chi connectivity index (χ4n) is 1.17. The van der Waals surface area contributed by atoms with Gasteiger partial charge in [-0.1, -0.05) is 13.8 Å². The summed E-state index contributed by atoms with van der Waals surface area (Å²) >= 11 is 5.84. The Kier molecular flexibility index (Phi) is 4.35. The molecule has 0 aromatic carbocycles. The van der Waals surface area contributed by atoms with Crippen molar-refractivity contribution in [2.24, 2.45) is 13.0 Å². The van der Waals surface area contributed by atoms with Crippen LogP contribution in [-0.4, -0.2) is 26.7 Å². The Hall–Kier alpha value is -0.610. The van der Waals surface area contributed by atoms with Crippen LogP contribution in [0, 0.1) is 5.92 Å². The molecule has 0 amide bonds. The van der Waals surface area contributed by atoms with Crippen LogP contribution in [0.2, 0.25) is 0 Å². The Morgan fingerprint density at radius 3 is 2.71 bits per heavy atom. The molecule has 1 aromatic heterocycles. The maximum Gasteiger partial charge on any atom is 0.140 e. The van der Waals surface area contributed by atoms with E-state index in [1.807, 2.05) is 7.05 Å². The van der Waals surface area contributed by atoms with Crippen LogP contribution in [0.3, 0.4) is 0 Å². The fourth-order valence-corrected chi connectivity index (χ4v) is 1.64. The van der Waals surface area contributed by atoms with Crippen molar-refractivity contribution in [3.63, 3.8) is 0 Å². The molecular weight excluding hydrogens is 200 g/mol. The maximum absolute atomic E-state index is 5.84. The van der Waals surface area contributed by atoms with E-state index in [0.717, 1.165) is 5.82 Å². The molecule has 1 atom stereocenters. The first-order valence-corrected chi connectivity index (χ1v) is 5.30. The Morgan fingerprint density at radius 2 is 2.29 bits per heavy atom. The molecule has 0 saturated heterocycles. The largest absolute Gasteiger partial charge is 0.306 e. The Balaban J connectivity index is 2.43. The van der Waals surface area contributed by atoms with Gasteiger partial charge in [0.1, 0.15) is 12.2 Å². The molecule has 0 aliphatic carbocycles. The molecule has 0 spiro atoms. The van der Waals surface area contributed by atoms with Gasteiger partial charge < -0.3 is 5.32 Å². The van der Waals surface area contributed by atoms with Crippen LogP contribution < -0.4 is 5.32 Å². The molecule has 1 rings (SSSR count). The molecule has 80 valence electrons. The number of alkyl halides is 1. The summed E-state index contributed by atoms with van der Waals surface area (Å²) in [6, 6.07) is 0.327. The Labute approximate surface area is 89.7 Å². The highest BCUT2D eigenvalue weighted by Gasteiger charge is 2.12. The van der Waals surface area contributed by atoms with Gasteiger partial charge in [-0.15, -0.1) is 11.6 Å². The van der Waals surface area contributed by atoms with Crippen LogP contribution in [0.15, 0.2) is 6.33 Å². The summed E-state index contributed by atoms with van der Waals surface area (Å²) in [5, 5.41) is 7.35. The van der Waals surface area contributed by atoms with Crippen LogP contribution in [0.25, 0.3) is 0 Å². The minimum Gasteiger partial charge on any atom is -0.306 e. The smallest absolute Gasteiger partial charge is 0.140 e. The van der Waals surface area contributed by atoms with Gasteiger partial charge in [0.2, 0.25) is 0 Å². The third kappa shape index (κ3) is 2.96. The summed E-state index contributed by atoms with van der Waals surface area (Å²) < 4.78 is 1.76. The van der Waals surface area contributed by atoms with E-state index in [0.29, 0.717) is 24.4 Å². The second-order valence-electron chi connectivity index (χ2n) is 3.69. The topological polar surface area (TPSA) is 42.7 Å². The lowest BCUT2D eigenvalue weighted by molar-refractivity contribution is 0.420. The summed E-state index contributed by atoms with van der Waals surface area (Å²) in [6.07, 6.45) is 1.56. The molecule has 0 fully saturated rings. The van der Waals surface area contributed by atoms with E-state index in [9.17, 15) is 0 Å². The van der Waals surface area contributed by atoms with E-state index in [1.165, 1.54) is 0 Å². The van der Waals surface area contributed by atoms with Crippen molar-refractivity contribution in [3.8, 4) is 0 Å². The standard InChI is InChI=1S/C9H17ClN4/c1-7(2)8(4-10)11-5-9-12-6-13-14(9)3/h6-8,11H,4-5H2,1-3H3. The zero-order chi connectivity index (χ0) is 10.6. The molecule has 0 radical (unpaired) electrons. The van der Waals surface area contributed by atoms with Gasteiger partial charge in [-0.05, 0) is 5.92 Å². The number of aromatic nitrogens is 3. The number of nitrogens with one attached hydrogen (secondary N) is 1. The second kappa shape index (κ2) is 5.32. The number of hydrogen-bond donors (Lipinski definition) is 1. The van der Waals surface area contributed by atoms with E-state index >= 15 is 0 Å². The average Bonchev–Trinajstić information content (AvgIpc) is 2.52. The van der Waals surface area contributed by atoms with Crippen molar-refractivity contribution in [2.75, 3.05) is 5.88 Å².